The molecule has 0 radical (unpaired) electrons. The Morgan fingerprint density at radius 2 is 1.88 bits per heavy atom. The third-order valence-corrected chi connectivity index (χ3v) is 5.68. The number of hydrogen-bond donors (Lipinski definition) is 1. The summed E-state index contributed by atoms with van der Waals surface area (Å²) < 4.78 is 0. The van der Waals surface area contributed by atoms with Crippen LogP contribution < -0.4 is 10.3 Å². The van der Waals surface area contributed by atoms with E-state index in [0.717, 1.165) is 30.8 Å². The fraction of sp³-hybridized carbons (Fsp3) is 0.400. The Morgan fingerprint density at radius 1 is 1.16 bits per heavy atom. The van der Waals surface area contributed by atoms with Gasteiger partial charge in [-0.2, -0.15) is 5.10 Å². The third-order valence-electron chi connectivity index (χ3n) is 4.60. The Morgan fingerprint density at radius 3 is 2.52 bits per heavy atom. The molecule has 1 aliphatic heterocycles. The summed E-state index contributed by atoms with van der Waals surface area (Å²) in [6, 6.07) is 10.4. The first-order valence-electron chi connectivity index (χ1n) is 8.95. The van der Waals surface area contributed by atoms with Crippen molar-refractivity contribution in [2.75, 3.05) is 18.0 Å². The van der Waals surface area contributed by atoms with Crippen LogP contribution in [0.2, 0.25) is 0 Å². The number of carbonyl (C=O) groups is 1. The number of carbonyl (C=O) groups excluding carboxylic acids is 1. The zero-order chi connectivity index (χ0) is 17.6. The lowest BCUT2D eigenvalue weighted by Crippen LogP contribution is -2.29. The predicted molar refractivity (Wildman–Crippen MR) is 106 cm³/mol. The number of rotatable bonds is 5. The quantitative estimate of drug-likeness (QED) is 0.636. The van der Waals surface area contributed by atoms with Gasteiger partial charge in [-0.15, -0.1) is 11.3 Å². The second kappa shape index (κ2) is 8.30. The van der Waals surface area contributed by atoms with Gasteiger partial charge in [-0.25, -0.2) is 5.43 Å². The summed E-state index contributed by atoms with van der Waals surface area (Å²) >= 11 is 1.61. The molecule has 3 rings (SSSR count). The van der Waals surface area contributed by atoms with E-state index in [4.69, 9.17) is 0 Å². The number of aryl methyl sites for hydroxylation is 1. The molecule has 0 bridgehead atoms. The molecule has 2 heterocycles. The lowest BCUT2D eigenvalue weighted by atomic mass is 10.1. The van der Waals surface area contributed by atoms with E-state index in [0.29, 0.717) is 5.56 Å². The van der Waals surface area contributed by atoms with Crippen molar-refractivity contribution >= 4 is 28.6 Å². The van der Waals surface area contributed by atoms with Crippen LogP contribution in [0, 0.1) is 0 Å². The molecule has 1 fully saturated rings. The van der Waals surface area contributed by atoms with Crippen molar-refractivity contribution in [1.29, 1.82) is 0 Å². The highest BCUT2D eigenvalue weighted by molar-refractivity contribution is 7.10. The second-order valence-electron chi connectivity index (χ2n) is 6.39. The van der Waals surface area contributed by atoms with E-state index < -0.39 is 0 Å². The van der Waals surface area contributed by atoms with E-state index in [1.165, 1.54) is 29.8 Å². The smallest absolute Gasteiger partial charge is 0.272 e. The number of anilines is 1. The van der Waals surface area contributed by atoms with Crippen molar-refractivity contribution < 1.29 is 4.79 Å². The topological polar surface area (TPSA) is 44.7 Å². The Balaban J connectivity index is 1.62. The monoisotopic (exact) mass is 355 g/mol. The normalized spacial score (nSPS) is 15.3. The average molecular weight is 356 g/mol. The molecule has 0 saturated carbocycles. The minimum atomic E-state index is -0.153. The molecule has 1 N–H and O–H groups in total. The van der Waals surface area contributed by atoms with Crippen LogP contribution in [0.5, 0.6) is 0 Å². The molecule has 0 spiro atoms. The molecule has 25 heavy (non-hydrogen) atoms. The van der Waals surface area contributed by atoms with Crippen LogP contribution in [0.1, 0.15) is 53.9 Å². The van der Waals surface area contributed by atoms with Gasteiger partial charge < -0.3 is 4.90 Å². The predicted octanol–water partition coefficient (Wildman–Crippen LogP) is 4.45. The largest absolute Gasteiger partial charge is 0.372 e. The van der Waals surface area contributed by atoms with Crippen molar-refractivity contribution in [2.24, 2.45) is 5.10 Å². The van der Waals surface area contributed by atoms with Crippen molar-refractivity contribution in [3.05, 3.63) is 51.7 Å². The Hall–Kier alpha value is -2.14. The molecule has 0 atom stereocenters. The number of thiophene rings is 1. The molecule has 132 valence electrons. The highest BCUT2D eigenvalue weighted by Crippen LogP contribution is 2.20. The van der Waals surface area contributed by atoms with Crippen LogP contribution in [-0.4, -0.2) is 24.7 Å². The van der Waals surface area contributed by atoms with E-state index in [2.05, 4.69) is 46.6 Å². The van der Waals surface area contributed by atoms with Gasteiger partial charge in [0, 0.05) is 29.0 Å². The van der Waals surface area contributed by atoms with Gasteiger partial charge in [0.2, 0.25) is 0 Å². The summed E-state index contributed by atoms with van der Waals surface area (Å²) in [5.74, 6) is -0.153. The summed E-state index contributed by atoms with van der Waals surface area (Å²) in [6.07, 6.45) is 4.83. The maximum absolute atomic E-state index is 12.2. The maximum Gasteiger partial charge on any atom is 0.272 e. The highest BCUT2D eigenvalue weighted by atomic mass is 32.1. The van der Waals surface area contributed by atoms with Gasteiger partial charge in [0.25, 0.3) is 5.91 Å². The summed E-state index contributed by atoms with van der Waals surface area (Å²) in [4.78, 5) is 15.8. The van der Waals surface area contributed by atoms with Gasteiger partial charge >= 0.3 is 0 Å². The fourth-order valence-corrected chi connectivity index (χ4v) is 3.83. The summed E-state index contributed by atoms with van der Waals surface area (Å²) in [5, 5.41) is 6.14. The zero-order valence-electron chi connectivity index (χ0n) is 14.9. The van der Waals surface area contributed by atoms with Gasteiger partial charge in [-0.05, 0) is 56.4 Å². The number of benzene rings is 1. The first kappa shape index (κ1) is 17.7. The number of amides is 1. The van der Waals surface area contributed by atoms with Crippen molar-refractivity contribution in [3.63, 3.8) is 0 Å². The van der Waals surface area contributed by atoms with Gasteiger partial charge in [-0.3, -0.25) is 4.79 Å². The lowest BCUT2D eigenvalue weighted by molar-refractivity contribution is 0.0955. The molecule has 2 aromatic rings. The van der Waals surface area contributed by atoms with Crippen molar-refractivity contribution in [1.82, 2.24) is 5.43 Å². The number of piperidine rings is 1. The molecule has 1 amide bonds. The fourth-order valence-electron chi connectivity index (χ4n) is 3.01. The van der Waals surface area contributed by atoms with Crippen LogP contribution in [-0.2, 0) is 6.42 Å². The van der Waals surface area contributed by atoms with E-state index in [-0.39, 0.29) is 5.91 Å². The standard InChI is InChI=1S/C20H25N3OS/c1-3-19-13-17(14-25-19)20(24)22-21-15(2)16-7-9-18(10-8-16)23-11-5-4-6-12-23/h7-10,13-14H,3-6,11-12H2,1-2H3,(H,22,24)/b21-15-. The Kier molecular flexibility index (Phi) is 5.87. The molecule has 1 aromatic heterocycles. The lowest BCUT2D eigenvalue weighted by Gasteiger charge is -2.28. The van der Waals surface area contributed by atoms with E-state index in [9.17, 15) is 4.79 Å². The first-order valence-corrected chi connectivity index (χ1v) is 9.82. The van der Waals surface area contributed by atoms with Gasteiger partial charge in [0.1, 0.15) is 0 Å². The van der Waals surface area contributed by atoms with Crippen LogP contribution in [0.4, 0.5) is 5.69 Å². The van der Waals surface area contributed by atoms with Crippen molar-refractivity contribution in [3.8, 4) is 0 Å². The molecular weight excluding hydrogens is 330 g/mol. The third kappa shape index (κ3) is 4.48. The van der Waals surface area contributed by atoms with Gasteiger partial charge in [0.05, 0.1) is 11.3 Å². The highest BCUT2D eigenvalue weighted by Gasteiger charge is 2.11. The van der Waals surface area contributed by atoms with Crippen LogP contribution in [0.3, 0.4) is 0 Å². The minimum Gasteiger partial charge on any atom is -0.372 e. The van der Waals surface area contributed by atoms with Crippen LogP contribution in [0.15, 0.2) is 40.8 Å². The molecule has 0 unspecified atom stereocenters. The minimum absolute atomic E-state index is 0.153. The molecule has 4 nitrogen and oxygen atoms in total. The number of hydrazone groups is 1. The van der Waals surface area contributed by atoms with Crippen LogP contribution >= 0.6 is 11.3 Å². The summed E-state index contributed by atoms with van der Waals surface area (Å²) in [5.41, 5.74) is 6.44. The van der Waals surface area contributed by atoms with Crippen molar-refractivity contribution in [2.45, 2.75) is 39.5 Å². The summed E-state index contributed by atoms with van der Waals surface area (Å²) in [7, 11) is 0. The van der Waals surface area contributed by atoms with Gasteiger partial charge in [0.15, 0.2) is 0 Å². The number of nitrogens with one attached hydrogen (secondary N) is 1. The van der Waals surface area contributed by atoms with E-state index in [1.54, 1.807) is 11.3 Å². The number of hydrogen-bond acceptors (Lipinski definition) is 4. The number of nitrogens with zero attached hydrogens (tertiary/aromatic N) is 2. The van der Waals surface area contributed by atoms with E-state index >= 15 is 0 Å². The average Bonchev–Trinajstić information content (AvgIpc) is 3.16. The first-order chi connectivity index (χ1) is 12.2. The molecule has 1 aliphatic rings. The summed E-state index contributed by atoms with van der Waals surface area (Å²) in [6.45, 7) is 6.29. The molecule has 0 aliphatic carbocycles. The maximum atomic E-state index is 12.2. The van der Waals surface area contributed by atoms with Gasteiger partial charge in [-0.1, -0.05) is 19.1 Å². The van der Waals surface area contributed by atoms with E-state index in [1.807, 2.05) is 18.4 Å². The zero-order valence-corrected chi connectivity index (χ0v) is 15.7. The Labute approximate surface area is 153 Å². The SMILES string of the molecule is CCc1cc(C(=O)N/N=C(/C)c2ccc(N3CCCCC3)cc2)cs1. The second-order valence-corrected chi connectivity index (χ2v) is 7.38. The van der Waals surface area contributed by atoms with Crippen LogP contribution in [0.25, 0.3) is 0 Å². The molecule has 5 heteroatoms. The molecule has 1 saturated heterocycles. The molecular formula is C20H25N3OS. The Bertz CT molecular complexity index is 743. The molecule has 1 aromatic carbocycles.